The lowest BCUT2D eigenvalue weighted by Gasteiger charge is -2.07. The van der Waals surface area contributed by atoms with E-state index in [1.165, 1.54) is 4.80 Å². The van der Waals surface area contributed by atoms with Gasteiger partial charge >= 0.3 is 0 Å². The van der Waals surface area contributed by atoms with Crippen LogP contribution < -0.4 is 0 Å². The number of rotatable bonds is 4. The van der Waals surface area contributed by atoms with Crippen molar-refractivity contribution in [1.29, 1.82) is 0 Å². The van der Waals surface area contributed by atoms with Crippen LogP contribution in [-0.4, -0.2) is 26.3 Å². The number of tetrazole rings is 1. The number of benzene rings is 1. The summed E-state index contributed by atoms with van der Waals surface area (Å²) in [5.74, 6) is 0.642. The first-order chi connectivity index (χ1) is 8.15. The fraction of sp³-hybridized carbons (Fsp3) is 0.417. The number of aryl methyl sites for hydroxylation is 1. The molecule has 0 amide bonds. The molecule has 1 aromatic heterocycles. The Morgan fingerprint density at radius 3 is 2.47 bits per heavy atom. The van der Waals surface area contributed by atoms with Gasteiger partial charge in [0.05, 0.1) is 19.8 Å². The van der Waals surface area contributed by atoms with Crippen LogP contribution in [0.1, 0.15) is 19.4 Å². The van der Waals surface area contributed by atoms with E-state index in [-0.39, 0.29) is 6.10 Å². The normalized spacial score (nSPS) is 11.1. The third kappa shape index (κ3) is 3.10. The Labute approximate surface area is 100 Å². The van der Waals surface area contributed by atoms with Gasteiger partial charge in [-0.05, 0) is 24.6 Å². The van der Waals surface area contributed by atoms with Crippen molar-refractivity contribution >= 4 is 0 Å². The van der Waals surface area contributed by atoms with Gasteiger partial charge in [-0.2, -0.15) is 4.80 Å². The number of hydrogen-bond donors (Lipinski definition) is 0. The van der Waals surface area contributed by atoms with Crippen LogP contribution in [0.3, 0.4) is 0 Å². The Hall–Kier alpha value is -1.75. The molecule has 0 unspecified atom stereocenters. The molecule has 0 radical (unpaired) electrons. The zero-order valence-electron chi connectivity index (χ0n) is 10.3. The molecular formula is C12H16N4O. The molecule has 90 valence electrons. The standard InChI is InChI=1S/C12H16N4O/c1-9(2)17-8-10-4-6-11(7-5-10)12-13-15-16(3)14-12/h4-7,9H,8H2,1-3H3. The van der Waals surface area contributed by atoms with Crippen molar-refractivity contribution in [3.05, 3.63) is 29.8 Å². The average molecular weight is 232 g/mol. The van der Waals surface area contributed by atoms with Gasteiger partial charge < -0.3 is 4.74 Å². The predicted octanol–water partition coefficient (Wildman–Crippen LogP) is 1.80. The second kappa shape index (κ2) is 5.05. The summed E-state index contributed by atoms with van der Waals surface area (Å²) >= 11 is 0. The maximum atomic E-state index is 5.53. The fourth-order valence-corrected chi connectivity index (χ4v) is 1.41. The SMILES string of the molecule is CC(C)OCc1ccc(-c2nnn(C)n2)cc1. The summed E-state index contributed by atoms with van der Waals surface area (Å²) in [6.07, 6.45) is 0.247. The molecule has 1 heterocycles. The zero-order chi connectivity index (χ0) is 12.3. The molecule has 0 bridgehead atoms. The quantitative estimate of drug-likeness (QED) is 0.806. The smallest absolute Gasteiger partial charge is 0.204 e. The summed E-state index contributed by atoms with van der Waals surface area (Å²) in [5.41, 5.74) is 2.11. The molecule has 2 rings (SSSR count). The first kappa shape index (κ1) is 11.7. The molecule has 0 spiro atoms. The minimum Gasteiger partial charge on any atom is -0.374 e. The van der Waals surface area contributed by atoms with Crippen LogP contribution in [0.15, 0.2) is 24.3 Å². The van der Waals surface area contributed by atoms with Crippen LogP contribution in [0.5, 0.6) is 0 Å². The van der Waals surface area contributed by atoms with Crippen molar-refractivity contribution in [1.82, 2.24) is 20.2 Å². The topological polar surface area (TPSA) is 52.8 Å². The summed E-state index contributed by atoms with van der Waals surface area (Å²) in [4.78, 5) is 1.45. The summed E-state index contributed by atoms with van der Waals surface area (Å²) < 4.78 is 5.53. The van der Waals surface area contributed by atoms with Crippen LogP contribution in [-0.2, 0) is 18.4 Å². The van der Waals surface area contributed by atoms with Crippen LogP contribution in [0.2, 0.25) is 0 Å². The molecule has 0 saturated heterocycles. The van der Waals surface area contributed by atoms with Crippen molar-refractivity contribution < 1.29 is 4.74 Å². The monoisotopic (exact) mass is 232 g/mol. The third-order valence-electron chi connectivity index (χ3n) is 2.30. The van der Waals surface area contributed by atoms with E-state index in [4.69, 9.17) is 4.74 Å². The summed E-state index contributed by atoms with van der Waals surface area (Å²) in [6.45, 7) is 4.68. The first-order valence-electron chi connectivity index (χ1n) is 5.60. The van der Waals surface area contributed by atoms with Crippen LogP contribution >= 0.6 is 0 Å². The molecule has 0 saturated carbocycles. The maximum Gasteiger partial charge on any atom is 0.204 e. The van der Waals surface area contributed by atoms with Gasteiger partial charge in [0.2, 0.25) is 5.82 Å². The molecular weight excluding hydrogens is 216 g/mol. The van der Waals surface area contributed by atoms with Gasteiger partial charge in [0.25, 0.3) is 0 Å². The van der Waals surface area contributed by atoms with Crippen LogP contribution in [0.25, 0.3) is 11.4 Å². The predicted molar refractivity (Wildman–Crippen MR) is 64.2 cm³/mol. The highest BCUT2D eigenvalue weighted by atomic mass is 16.5. The lowest BCUT2D eigenvalue weighted by molar-refractivity contribution is 0.0657. The van der Waals surface area contributed by atoms with Crippen molar-refractivity contribution in [2.24, 2.45) is 7.05 Å². The van der Waals surface area contributed by atoms with Gasteiger partial charge in [-0.25, -0.2) is 0 Å². The Morgan fingerprint density at radius 1 is 1.24 bits per heavy atom. The Morgan fingerprint density at radius 2 is 1.94 bits per heavy atom. The highest BCUT2D eigenvalue weighted by Gasteiger charge is 2.04. The van der Waals surface area contributed by atoms with Gasteiger partial charge in [-0.15, -0.1) is 10.2 Å². The summed E-state index contributed by atoms with van der Waals surface area (Å²) in [7, 11) is 1.75. The van der Waals surface area contributed by atoms with Crippen molar-refractivity contribution in [2.75, 3.05) is 0 Å². The molecule has 17 heavy (non-hydrogen) atoms. The largest absolute Gasteiger partial charge is 0.374 e. The van der Waals surface area contributed by atoms with Crippen LogP contribution in [0, 0.1) is 0 Å². The van der Waals surface area contributed by atoms with E-state index >= 15 is 0 Å². The second-order valence-electron chi connectivity index (χ2n) is 4.16. The third-order valence-corrected chi connectivity index (χ3v) is 2.30. The minimum atomic E-state index is 0.247. The molecule has 0 fully saturated rings. The van der Waals surface area contributed by atoms with Crippen LogP contribution in [0.4, 0.5) is 0 Å². The molecule has 0 aliphatic carbocycles. The van der Waals surface area contributed by atoms with Gasteiger partial charge in [-0.3, -0.25) is 0 Å². The molecule has 5 heteroatoms. The number of ether oxygens (including phenoxy) is 1. The van der Waals surface area contributed by atoms with Gasteiger partial charge in [0.1, 0.15) is 0 Å². The zero-order valence-corrected chi connectivity index (χ0v) is 10.3. The highest BCUT2D eigenvalue weighted by Crippen LogP contribution is 2.15. The number of hydrogen-bond acceptors (Lipinski definition) is 4. The van der Waals surface area contributed by atoms with E-state index in [9.17, 15) is 0 Å². The fourth-order valence-electron chi connectivity index (χ4n) is 1.41. The number of aromatic nitrogens is 4. The average Bonchev–Trinajstić information content (AvgIpc) is 2.74. The lowest BCUT2D eigenvalue weighted by Crippen LogP contribution is -2.02. The van der Waals surface area contributed by atoms with Gasteiger partial charge in [-0.1, -0.05) is 24.3 Å². The maximum absolute atomic E-state index is 5.53. The molecule has 0 atom stereocenters. The Balaban J connectivity index is 2.07. The van der Waals surface area contributed by atoms with E-state index < -0.39 is 0 Å². The molecule has 0 aliphatic heterocycles. The molecule has 0 aliphatic rings. The van der Waals surface area contributed by atoms with E-state index in [2.05, 4.69) is 15.4 Å². The van der Waals surface area contributed by atoms with E-state index in [1.54, 1.807) is 7.05 Å². The number of nitrogens with zero attached hydrogens (tertiary/aromatic N) is 4. The summed E-state index contributed by atoms with van der Waals surface area (Å²) in [5, 5.41) is 11.9. The first-order valence-corrected chi connectivity index (χ1v) is 5.60. The Bertz CT molecular complexity index is 476. The molecule has 1 aromatic carbocycles. The van der Waals surface area contributed by atoms with E-state index in [0.29, 0.717) is 12.4 Å². The highest BCUT2D eigenvalue weighted by molar-refractivity contribution is 5.54. The van der Waals surface area contributed by atoms with Gasteiger partial charge in [0.15, 0.2) is 0 Å². The lowest BCUT2D eigenvalue weighted by atomic mass is 10.1. The molecule has 0 N–H and O–H groups in total. The van der Waals surface area contributed by atoms with E-state index in [1.807, 2.05) is 38.1 Å². The minimum absolute atomic E-state index is 0.247. The second-order valence-corrected chi connectivity index (χ2v) is 4.16. The van der Waals surface area contributed by atoms with Crippen molar-refractivity contribution in [2.45, 2.75) is 26.6 Å². The van der Waals surface area contributed by atoms with Crippen molar-refractivity contribution in [3.8, 4) is 11.4 Å². The molecule has 2 aromatic rings. The van der Waals surface area contributed by atoms with E-state index in [0.717, 1.165) is 11.1 Å². The summed E-state index contributed by atoms with van der Waals surface area (Å²) in [6, 6.07) is 8.01. The Kier molecular flexibility index (Phi) is 3.49. The van der Waals surface area contributed by atoms with Gasteiger partial charge in [0, 0.05) is 5.56 Å². The molecule has 5 nitrogen and oxygen atoms in total. The van der Waals surface area contributed by atoms with Crippen molar-refractivity contribution in [3.63, 3.8) is 0 Å².